The van der Waals surface area contributed by atoms with Crippen LogP contribution >= 0.6 is 11.3 Å². The van der Waals surface area contributed by atoms with E-state index in [4.69, 9.17) is 0 Å². The molecule has 8 rings (SSSR count). The van der Waals surface area contributed by atoms with Crippen molar-refractivity contribution < 1.29 is 0 Å². The van der Waals surface area contributed by atoms with Crippen molar-refractivity contribution in [1.82, 2.24) is 9.97 Å². The van der Waals surface area contributed by atoms with Crippen LogP contribution in [0.5, 0.6) is 0 Å². The zero-order chi connectivity index (χ0) is 24.6. The molecule has 0 fully saturated rings. The Morgan fingerprint density at radius 3 is 2.11 bits per heavy atom. The number of fused-ring (bicyclic) bond motifs is 5. The number of aromatic amines is 2. The lowest BCUT2D eigenvalue weighted by Crippen LogP contribution is -1.85. The summed E-state index contributed by atoms with van der Waals surface area (Å²) < 4.78 is 1.32. The van der Waals surface area contributed by atoms with Gasteiger partial charge in [0, 0.05) is 43.1 Å². The fourth-order valence-electron chi connectivity index (χ4n) is 5.13. The lowest BCUT2D eigenvalue weighted by molar-refractivity contribution is 1.48. The van der Waals surface area contributed by atoms with Gasteiger partial charge in [-0.15, -0.1) is 11.3 Å². The van der Waals surface area contributed by atoms with Crippen LogP contribution in [0.25, 0.3) is 64.4 Å². The van der Waals surface area contributed by atoms with E-state index in [1.165, 1.54) is 64.4 Å². The average molecular weight is 493 g/mol. The van der Waals surface area contributed by atoms with Gasteiger partial charge < -0.3 is 9.97 Å². The van der Waals surface area contributed by atoms with Crippen LogP contribution in [0.15, 0.2) is 134 Å². The van der Waals surface area contributed by atoms with Crippen molar-refractivity contribution in [3.05, 3.63) is 134 Å². The number of rotatable bonds is 2. The van der Waals surface area contributed by atoms with E-state index in [0.717, 1.165) is 0 Å². The number of hydrogen-bond acceptors (Lipinski definition) is 1. The van der Waals surface area contributed by atoms with Crippen molar-refractivity contribution in [1.29, 1.82) is 0 Å². The topological polar surface area (TPSA) is 31.6 Å². The summed E-state index contributed by atoms with van der Waals surface area (Å²) in [6.07, 6.45) is 1.95. The monoisotopic (exact) mass is 492 g/mol. The molecule has 0 saturated heterocycles. The molecule has 0 atom stereocenters. The molecule has 2 nitrogen and oxygen atoms in total. The predicted octanol–water partition coefficient (Wildman–Crippen LogP) is 10.0. The summed E-state index contributed by atoms with van der Waals surface area (Å²) in [6, 6.07) is 45.0. The molecule has 0 aliphatic heterocycles. The number of H-pyrrole nitrogens is 2. The quantitative estimate of drug-likeness (QED) is 0.241. The summed E-state index contributed by atoms with van der Waals surface area (Å²) in [5.74, 6) is 0. The van der Waals surface area contributed by atoms with Gasteiger partial charge in [-0.3, -0.25) is 0 Å². The fourth-order valence-corrected chi connectivity index (χ4v) is 6.26. The van der Waals surface area contributed by atoms with Crippen LogP contribution in [-0.4, -0.2) is 9.97 Å². The molecule has 0 radical (unpaired) electrons. The molecule has 3 aromatic heterocycles. The Labute approximate surface area is 218 Å². The van der Waals surface area contributed by atoms with E-state index in [1.807, 2.05) is 29.7 Å². The summed E-state index contributed by atoms with van der Waals surface area (Å²) in [4.78, 5) is 8.13. The van der Waals surface area contributed by atoms with Gasteiger partial charge in [0.1, 0.15) is 0 Å². The number of para-hydroxylation sites is 2. The molecule has 0 saturated carbocycles. The zero-order valence-electron chi connectivity index (χ0n) is 20.1. The fraction of sp³-hybridized carbons (Fsp3) is 0. The molecule has 0 bridgehead atoms. The first-order valence-corrected chi connectivity index (χ1v) is 13.3. The van der Waals surface area contributed by atoms with Crippen LogP contribution in [0.4, 0.5) is 0 Å². The van der Waals surface area contributed by atoms with E-state index >= 15 is 0 Å². The van der Waals surface area contributed by atoms with Crippen LogP contribution in [0, 0.1) is 0 Å². The van der Waals surface area contributed by atoms with E-state index in [9.17, 15) is 0 Å². The first-order chi connectivity index (χ1) is 18.3. The van der Waals surface area contributed by atoms with Gasteiger partial charge >= 0.3 is 0 Å². The highest BCUT2D eigenvalue weighted by molar-refractivity contribution is 7.22. The zero-order valence-corrected chi connectivity index (χ0v) is 20.9. The van der Waals surface area contributed by atoms with Gasteiger partial charge in [-0.2, -0.15) is 0 Å². The Balaban J connectivity index is 0.000000216. The highest BCUT2D eigenvalue weighted by Crippen LogP contribution is 2.44. The normalized spacial score (nSPS) is 11.2. The second kappa shape index (κ2) is 9.12. The highest BCUT2D eigenvalue weighted by atomic mass is 32.1. The molecular formula is C34H24N2S. The summed E-state index contributed by atoms with van der Waals surface area (Å²) >= 11 is 1.86. The van der Waals surface area contributed by atoms with Crippen molar-refractivity contribution in [2.24, 2.45) is 0 Å². The third-order valence-corrected chi connectivity index (χ3v) is 8.04. The van der Waals surface area contributed by atoms with Crippen LogP contribution in [0.2, 0.25) is 0 Å². The molecule has 0 amide bonds. The molecule has 3 heteroatoms. The molecule has 0 aliphatic rings. The number of thiophene rings is 1. The van der Waals surface area contributed by atoms with Gasteiger partial charge in [0.2, 0.25) is 0 Å². The molecule has 2 N–H and O–H groups in total. The number of aromatic nitrogens is 2. The van der Waals surface area contributed by atoms with E-state index in [1.54, 1.807) is 0 Å². The molecule has 0 unspecified atom stereocenters. The smallest absolute Gasteiger partial charge is 0.0559 e. The minimum atomic E-state index is 1.19. The Hall–Kier alpha value is -4.60. The van der Waals surface area contributed by atoms with E-state index < -0.39 is 0 Å². The van der Waals surface area contributed by atoms with Crippen molar-refractivity contribution in [2.45, 2.75) is 0 Å². The van der Waals surface area contributed by atoms with Crippen molar-refractivity contribution >= 4 is 54.1 Å². The summed E-state index contributed by atoms with van der Waals surface area (Å²) in [5.41, 5.74) is 7.42. The van der Waals surface area contributed by atoms with Crippen LogP contribution in [0.1, 0.15) is 0 Å². The molecule has 8 aromatic rings. The predicted molar refractivity (Wildman–Crippen MR) is 160 cm³/mol. The lowest BCUT2D eigenvalue weighted by Gasteiger charge is -2.10. The maximum absolute atomic E-state index is 3.71. The van der Waals surface area contributed by atoms with Gasteiger partial charge in [0.05, 0.1) is 5.52 Å². The summed E-state index contributed by atoms with van der Waals surface area (Å²) in [6.45, 7) is 0. The van der Waals surface area contributed by atoms with Gasteiger partial charge in [0.15, 0.2) is 0 Å². The molecule has 0 aliphatic carbocycles. The van der Waals surface area contributed by atoms with Gasteiger partial charge in [0.25, 0.3) is 0 Å². The van der Waals surface area contributed by atoms with Crippen LogP contribution in [-0.2, 0) is 0 Å². The molecule has 37 heavy (non-hydrogen) atoms. The first-order valence-electron chi connectivity index (χ1n) is 12.4. The third-order valence-electron chi connectivity index (χ3n) is 6.90. The number of benzene rings is 5. The first kappa shape index (κ1) is 21.7. The largest absolute Gasteiger partial charge is 0.361 e. The van der Waals surface area contributed by atoms with Crippen molar-refractivity contribution in [3.63, 3.8) is 0 Å². The maximum Gasteiger partial charge on any atom is 0.0559 e. The standard InChI is InChI=1S/C26H17NS.C8H7N/c1-2-8-17(9-3-1)19-14-15-21-20-11-5-6-12-22(20)27-26(21)25(19)24-16-18-10-4-7-13-23(18)28-24;1-2-4-8-7(3-1)5-6-9-8/h1-16,27H;1-6,9H. The second-order valence-electron chi connectivity index (χ2n) is 9.16. The minimum Gasteiger partial charge on any atom is -0.361 e. The highest BCUT2D eigenvalue weighted by Gasteiger charge is 2.17. The van der Waals surface area contributed by atoms with Gasteiger partial charge in [-0.1, -0.05) is 97.1 Å². The van der Waals surface area contributed by atoms with Crippen LogP contribution < -0.4 is 0 Å². The Bertz CT molecular complexity index is 1930. The lowest BCUT2D eigenvalue weighted by atomic mass is 9.95. The average Bonchev–Trinajstić information content (AvgIpc) is 3.69. The molecular weight excluding hydrogens is 468 g/mol. The Morgan fingerprint density at radius 2 is 1.27 bits per heavy atom. The van der Waals surface area contributed by atoms with Gasteiger partial charge in [-0.05, 0) is 52.2 Å². The third kappa shape index (κ3) is 3.90. The van der Waals surface area contributed by atoms with Crippen LogP contribution in [0.3, 0.4) is 0 Å². The SMILES string of the molecule is c1ccc(-c2ccc3c([nH]c4ccccc43)c2-c2cc3ccccc3s2)cc1.c1ccc2[nH]ccc2c1. The van der Waals surface area contributed by atoms with Crippen molar-refractivity contribution in [2.75, 3.05) is 0 Å². The Morgan fingerprint density at radius 1 is 0.541 bits per heavy atom. The second-order valence-corrected chi connectivity index (χ2v) is 10.2. The molecule has 3 heterocycles. The van der Waals surface area contributed by atoms with E-state index in [0.29, 0.717) is 0 Å². The molecule has 5 aromatic carbocycles. The summed E-state index contributed by atoms with van der Waals surface area (Å²) in [7, 11) is 0. The number of hydrogen-bond donors (Lipinski definition) is 2. The van der Waals surface area contributed by atoms with Crippen molar-refractivity contribution in [3.8, 4) is 21.6 Å². The summed E-state index contributed by atoms with van der Waals surface area (Å²) in [5, 5.41) is 5.13. The minimum absolute atomic E-state index is 1.19. The molecule has 176 valence electrons. The van der Waals surface area contributed by atoms with Gasteiger partial charge in [-0.25, -0.2) is 0 Å². The van der Waals surface area contributed by atoms with E-state index in [2.05, 4.69) is 125 Å². The maximum atomic E-state index is 3.71. The Kier molecular flexibility index (Phi) is 5.34. The molecule has 0 spiro atoms. The van der Waals surface area contributed by atoms with E-state index in [-0.39, 0.29) is 0 Å². The number of nitrogens with one attached hydrogen (secondary N) is 2.